The Morgan fingerprint density at radius 3 is 2.25 bits per heavy atom. The van der Waals surface area contributed by atoms with Gasteiger partial charge in [0.1, 0.15) is 11.2 Å². The van der Waals surface area contributed by atoms with Gasteiger partial charge in [-0.2, -0.15) is 0 Å². The van der Waals surface area contributed by atoms with Gasteiger partial charge in [-0.05, 0) is 48.5 Å². The molecule has 0 aliphatic rings. The first-order valence-electron chi connectivity index (χ1n) is 11.0. The smallest absolute Gasteiger partial charge is 0.336 e. The first-order valence-corrected chi connectivity index (χ1v) is 11.0. The molecule has 7 nitrogen and oxygen atoms in total. The summed E-state index contributed by atoms with van der Waals surface area (Å²) in [6, 6.07) is 18.5. The van der Waals surface area contributed by atoms with Crippen molar-refractivity contribution in [3.63, 3.8) is 0 Å². The van der Waals surface area contributed by atoms with Gasteiger partial charge in [0.15, 0.2) is 5.82 Å². The van der Waals surface area contributed by atoms with Gasteiger partial charge in [0.2, 0.25) is 5.43 Å². The molecule has 3 N–H and O–H groups in total. The van der Waals surface area contributed by atoms with Crippen molar-refractivity contribution in [3.05, 3.63) is 93.9 Å². The second kappa shape index (κ2) is 9.97. The molecule has 182 valence electrons. The van der Waals surface area contributed by atoms with E-state index in [1.807, 2.05) is 25.2 Å². The van der Waals surface area contributed by atoms with Crippen molar-refractivity contribution in [2.45, 2.75) is 13.5 Å². The van der Waals surface area contributed by atoms with Gasteiger partial charge in [0, 0.05) is 40.6 Å². The second-order valence-corrected chi connectivity index (χ2v) is 8.12. The number of carbonyl (C=O) groups is 2. The summed E-state index contributed by atoms with van der Waals surface area (Å²) in [4.78, 5) is 32.8. The molecule has 0 fully saturated rings. The summed E-state index contributed by atoms with van der Waals surface area (Å²) in [5.41, 5.74) is 2.60. The van der Waals surface area contributed by atoms with Gasteiger partial charge in [0.05, 0.1) is 5.56 Å². The highest BCUT2D eigenvalue weighted by Gasteiger charge is 2.20. The number of carboxylic acids is 2. The van der Waals surface area contributed by atoms with Crippen LogP contribution in [0.4, 0.5) is 4.39 Å². The number of aromatic carboxylic acids is 1. The van der Waals surface area contributed by atoms with Gasteiger partial charge in [-0.25, -0.2) is 9.18 Å². The van der Waals surface area contributed by atoms with E-state index in [1.54, 1.807) is 36.4 Å². The Balaban J connectivity index is 0.000000709. The quantitative estimate of drug-likeness (QED) is 0.229. The van der Waals surface area contributed by atoms with Crippen molar-refractivity contribution < 1.29 is 28.6 Å². The molecule has 0 saturated heterocycles. The maximum absolute atomic E-state index is 14.6. The van der Waals surface area contributed by atoms with Crippen LogP contribution in [0.1, 0.15) is 22.8 Å². The normalized spacial score (nSPS) is 10.9. The predicted octanol–water partition coefficient (Wildman–Crippen LogP) is 5.41. The van der Waals surface area contributed by atoms with E-state index >= 15 is 0 Å². The Labute approximate surface area is 204 Å². The molecule has 0 unspecified atom stereocenters. The maximum Gasteiger partial charge on any atom is 0.336 e. The van der Waals surface area contributed by atoms with Crippen molar-refractivity contribution in [2.75, 3.05) is 7.05 Å². The standard InChI is InChI=1S/C26H18FNO4.C2H4O2/c1-28-13-14-6-7-19-22(12-14)32-25-17-10-11-21(29)24(27)16(17)8-9-20(25)23(19)15-4-2-3-5-18(15)26(30)31;1-2(3)4/h2-12,28H,13H2,1H3,(H,30,31);1H3,(H,3,4). The van der Waals surface area contributed by atoms with Gasteiger partial charge in [-0.3, -0.25) is 9.59 Å². The lowest BCUT2D eigenvalue weighted by molar-refractivity contribution is -0.134. The van der Waals surface area contributed by atoms with Gasteiger partial charge in [0.25, 0.3) is 5.97 Å². The van der Waals surface area contributed by atoms with Crippen molar-refractivity contribution >= 4 is 44.6 Å². The van der Waals surface area contributed by atoms with Crippen molar-refractivity contribution in [2.24, 2.45) is 0 Å². The van der Waals surface area contributed by atoms with Crippen molar-refractivity contribution in [1.29, 1.82) is 0 Å². The Hall–Kier alpha value is -4.56. The summed E-state index contributed by atoms with van der Waals surface area (Å²) in [5.74, 6) is -2.71. The van der Waals surface area contributed by atoms with Crippen LogP contribution in [0.3, 0.4) is 0 Å². The molecule has 1 aromatic heterocycles. The number of rotatable bonds is 4. The Morgan fingerprint density at radius 1 is 0.917 bits per heavy atom. The van der Waals surface area contributed by atoms with Gasteiger partial charge in [-0.15, -0.1) is 0 Å². The van der Waals surface area contributed by atoms with E-state index in [1.165, 1.54) is 12.1 Å². The average Bonchev–Trinajstić information content (AvgIpc) is 2.84. The van der Waals surface area contributed by atoms with Gasteiger partial charge in [-0.1, -0.05) is 36.4 Å². The lowest BCUT2D eigenvalue weighted by Gasteiger charge is -2.15. The lowest BCUT2D eigenvalue weighted by Crippen LogP contribution is -2.05. The minimum absolute atomic E-state index is 0.154. The fourth-order valence-corrected chi connectivity index (χ4v) is 4.23. The van der Waals surface area contributed by atoms with Gasteiger partial charge >= 0.3 is 5.97 Å². The molecule has 1 heterocycles. The number of carboxylic acid groups (broad SMARTS) is 2. The summed E-state index contributed by atoms with van der Waals surface area (Å²) in [6.45, 7) is 1.70. The average molecular weight is 487 g/mol. The third-order valence-electron chi connectivity index (χ3n) is 5.65. The van der Waals surface area contributed by atoms with Crippen LogP contribution >= 0.6 is 0 Å². The highest BCUT2D eigenvalue weighted by molar-refractivity contribution is 6.17. The fourth-order valence-electron chi connectivity index (χ4n) is 4.23. The van der Waals surface area contributed by atoms with Crippen LogP contribution in [-0.4, -0.2) is 29.2 Å². The van der Waals surface area contributed by atoms with Crippen LogP contribution in [0.25, 0.3) is 43.8 Å². The highest BCUT2D eigenvalue weighted by Crippen LogP contribution is 2.40. The van der Waals surface area contributed by atoms with E-state index in [-0.39, 0.29) is 10.9 Å². The Kier molecular flexibility index (Phi) is 6.80. The second-order valence-electron chi connectivity index (χ2n) is 8.12. The van der Waals surface area contributed by atoms with Crippen LogP contribution in [0, 0.1) is 5.82 Å². The van der Waals surface area contributed by atoms with E-state index < -0.39 is 23.2 Å². The number of halogens is 1. The molecule has 36 heavy (non-hydrogen) atoms. The monoisotopic (exact) mass is 487 g/mol. The third-order valence-corrected chi connectivity index (χ3v) is 5.65. The zero-order chi connectivity index (χ0) is 26.0. The minimum atomic E-state index is -1.04. The van der Waals surface area contributed by atoms with Crippen LogP contribution in [0.15, 0.2) is 75.9 Å². The Morgan fingerprint density at radius 2 is 1.56 bits per heavy atom. The molecule has 0 radical (unpaired) electrons. The number of hydrogen-bond acceptors (Lipinski definition) is 5. The first-order chi connectivity index (χ1) is 17.2. The molecule has 0 bridgehead atoms. The zero-order valence-corrected chi connectivity index (χ0v) is 19.5. The molecule has 0 aliphatic heterocycles. The lowest BCUT2D eigenvalue weighted by atomic mass is 9.92. The highest BCUT2D eigenvalue weighted by atomic mass is 19.1. The third kappa shape index (κ3) is 4.54. The largest absolute Gasteiger partial charge is 0.481 e. The molecule has 5 aromatic rings. The van der Waals surface area contributed by atoms with Crippen molar-refractivity contribution in [3.8, 4) is 11.1 Å². The molecule has 5 rings (SSSR count). The maximum atomic E-state index is 14.6. The summed E-state index contributed by atoms with van der Waals surface area (Å²) < 4.78 is 20.8. The van der Waals surface area contributed by atoms with E-state index in [4.69, 9.17) is 14.3 Å². The van der Waals surface area contributed by atoms with E-state index in [9.17, 15) is 19.1 Å². The molecule has 0 amide bonds. The van der Waals surface area contributed by atoms with Crippen molar-refractivity contribution in [1.82, 2.24) is 5.32 Å². The topological polar surface area (TPSA) is 117 Å². The summed E-state index contributed by atoms with van der Waals surface area (Å²) in [7, 11) is 1.84. The zero-order valence-electron chi connectivity index (χ0n) is 19.5. The number of benzene rings is 4. The first kappa shape index (κ1) is 24.6. The number of hydrogen-bond donors (Lipinski definition) is 3. The molecule has 0 atom stereocenters. The number of nitrogens with one attached hydrogen (secondary N) is 1. The number of aliphatic carboxylic acids is 1. The molecule has 0 saturated carbocycles. The molecular weight excluding hydrogens is 465 g/mol. The molecule has 0 spiro atoms. The SMILES string of the molecule is CC(=O)O.CNCc1ccc2c(-c3ccccc3C(=O)O)c3ccc4c(F)c(=O)ccc4c3oc2c1. The predicted molar refractivity (Wildman–Crippen MR) is 136 cm³/mol. The fraction of sp³-hybridized carbons (Fsp3) is 0.107. The van der Waals surface area contributed by atoms with E-state index in [0.717, 1.165) is 17.9 Å². The Bertz CT molecular complexity index is 1700. The van der Waals surface area contributed by atoms with Crippen LogP contribution < -0.4 is 10.7 Å². The van der Waals surface area contributed by atoms with E-state index in [2.05, 4.69) is 5.32 Å². The van der Waals surface area contributed by atoms with E-state index in [0.29, 0.717) is 39.6 Å². The van der Waals surface area contributed by atoms with Crippen LogP contribution in [0.5, 0.6) is 0 Å². The minimum Gasteiger partial charge on any atom is -0.481 e. The molecule has 4 aromatic carbocycles. The van der Waals surface area contributed by atoms with Crippen LogP contribution in [0.2, 0.25) is 0 Å². The molecule has 8 heteroatoms. The summed E-state index contributed by atoms with van der Waals surface area (Å²) in [6.07, 6.45) is 0. The van der Waals surface area contributed by atoms with Crippen LogP contribution in [-0.2, 0) is 11.3 Å². The van der Waals surface area contributed by atoms with Gasteiger partial charge < -0.3 is 19.9 Å². The molecule has 0 aliphatic carbocycles. The molecular formula is C28H22FNO6. The number of fused-ring (bicyclic) bond motifs is 4. The summed E-state index contributed by atoms with van der Waals surface area (Å²) >= 11 is 0. The summed E-state index contributed by atoms with van der Waals surface area (Å²) in [5, 5.41) is 22.3.